The van der Waals surface area contributed by atoms with Crippen LogP contribution in [-0.2, 0) is 9.53 Å². The second-order valence-corrected chi connectivity index (χ2v) is 9.61. The van der Waals surface area contributed by atoms with E-state index in [1.807, 2.05) is 0 Å². The van der Waals surface area contributed by atoms with E-state index in [1.165, 1.54) is 29.3 Å². The van der Waals surface area contributed by atoms with Crippen LogP contribution in [0, 0.1) is 16.4 Å². The maximum absolute atomic E-state index is 13.9. The van der Waals surface area contributed by atoms with Gasteiger partial charge < -0.3 is 20.1 Å². The van der Waals surface area contributed by atoms with Crippen molar-refractivity contribution in [1.82, 2.24) is 15.0 Å². The number of likely N-dealkylation sites (tertiary alicyclic amines) is 1. The fraction of sp³-hybridized carbons (Fsp3) is 0.333. The van der Waals surface area contributed by atoms with Gasteiger partial charge in [0.15, 0.2) is 5.52 Å². The van der Waals surface area contributed by atoms with E-state index in [0.29, 0.717) is 44.5 Å². The quantitative estimate of drug-likeness (QED) is 0.193. The molecule has 0 bridgehead atoms. The number of carbonyl (C=O) groups is 2. The van der Waals surface area contributed by atoms with Crippen molar-refractivity contribution in [3.8, 4) is 0 Å². The van der Waals surface area contributed by atoms with Gasteiger partial charge in [-0.25, -0.2) is 9.71 Å². The second kappa shape index (κ2) is 10.6. The zero-order chi connectivity index (χ0) is 25.1. The van der Waals surface area contributed by atoms with Gasteiger partial charge in [0.05, 0.1) is 18.5 Å². The van der Waals surface area contributed by atoms with E-state index < -0.39 is 17.8 Å². The van der Waals surface area contributed by atoms with Crippen LogP contribution in [0.15, 0.2) is 39.4 Å². The van der Waals surface area contributed by atoms with Crippen molar-refractivity contribution in [1.29, 1.82) is 0 Å². The van der Waals surface area contributed by atoms with Gasteiger partial charge in [-0.3, -0.25) is 14.9 Å². The number of pyridine rings is 1. The molecule has 1 N–H and O–H groups in total. The Hall–Kier alpha value is -3.13. The molecule has 0 radical (unpaired) electrons. The Balaban J connectivity index is 1.26. The molecular formula is C21H19Br2FN6O5. The van der Waals surface area contributed by atoms with E-state index in [-0.39, 0.29) is 41.6 Å². The van der Waals surface area contributed by atoms with E-state index in [1.54, 1.807) is 6.07 Å². The van der Waals surface area contributed by atoms with Crippen LogP contribution in [0.2, 0.25) is 0 Å². The van der Waals surface area contributed by atoms with Gasteiger partial charge in [0.25, 0.3) is 5.91 Å². The third-order valence-electron chi connectivity index (χ3n) is 5.42. The Morgan fingerprint density at radius 1 is 1.17 bits per heavy atom. The molecule has 0 aliphatic carbocycles. The highest BCUT2D eigenvalue weighted by molar-refractivity contribution is 9.10. The molecule has 3 aromatic rings. The summed E-state index contributed by atoms with van der Waals surface area (Å²) in [7, 11) is 0. The summed E-state index contributed by atoms with van der Waals surface area (Å²) in [4.78, 5) is 30.2. The first-order valence-corrected chi connectivity index (χ1v) is 12.2. The molecule has 3 heterocycles. The number of aromatic nitrogens is 4. The lowest BCUT2D eigenvalue weighted by Gasteiger charge is -2.31. The standard InChI is InChI=1S/C21H19Br2FN6O5/c22-12-1-2-16-17(10-12)30(34)27-21(29(16)33)25-6-3-18(31)35-14-4-7-28(8-5-14)20(32)15-9-13(23)11-26-19(15)24/h1-2,9-11,14H,3-8H2,(H,25,27). The molecule has 2 aromatic heterocycles. The number of benzene rings is 1. The third-order valence-corrected chi connectivity index (χ3v) is 6.34. The molecule has 0 atom stereocenters. The van der Waals surface area contributed by atoms with Crippen molar-refractivity contribution in [3.05, 3.63) is 61.3 Å². The van der Waals surface area contributed by atoms with Gasteiger partial charge in [-0.15, -0.1) is 0 Å². The van der Waals surface area contributed by atoms with Crippen LogP contribution in [0.3, 0.4) is 0 Å². The fourth-order valence-corrected chi connectivity index (χ4v) is 4.34. The summed E-state index contributed by atoms with van der Waals surface area (Å²) >= 11 is 6.42. The number of hydrogen-bond acceptors (Lipinski definition) is 8. The van der Waals surface area contributed by atoms with Crippen LogP contribution in [0.1, 0.15) is 29.6 Å². The van der Waals surface area contributed by atoms with Crippen LogP contribution in [-0.4, -0.2) is 52.6 Å². The zero-order valence-electron chi connectivity index (χ0n) is 18.1. The lowest BCUT2D eigenvalue weighted by atomic mass is 10.1. The molecule has 1 fully saturated rings. The molecular weight excluding hydrogens is 595 g/mol. The molecule has 4 rings (SSSR count). The number of carbonyl (C=O) groups excluding carboxylic acids is 2. The number of anilines is 1. The lowest BCUT2D eigenvalue weighted by molar-refractivity contribution is -0.672. The molecule has 14 heteroatoms. The molecule has 35 heavy (non-hydrogen) atoms. The first kappa shape index (κ1) is 25.0. The van der Waals surface area contributed by atoms with Crippen molar-refractivity contribution in [3.63, 3.8) is 0 Å². The number of halogens is 3. The number of piperidine rings is 1. The number of esters is 1. The monoisotopic (exact) mass is 612 g/mol. The van der Waals surface area contributed by atoms with E-state index >= 15 is 0 Å². The van der Waals surface area contributed by atoms with Crippen LogP contribution < -0.4 is 14.9 Å². The predicted octanol–water partition coefficient (Wildman–Crippen LogP) is 2.21. The summed E-state index contributed by atoms with van der Waals surface area (Å²) in [6.45, 7) is 0.637. The molecule has 1 saturated heterocycles. The van der Waals surface area contributed by atoms with Crippen LogP contribution in [0.4, 0.5) is 10.3 Å². The van der Waals surface area contributed by atoms with Gasteiger partial charge in [0.1, 0.15) is 6.10 Å². The first-order valence-electron chi connectivity index (χ1n) is 10.6. The minimum Gasteiger partial charge on any atom is -0.739 e. The number of hydrogen-bond donors (Lipinski definition) is 1. The summed E-state index contributed by atoms with van der Waals surface area (Å²) in [5, 5.41) is 30.9. The maximum atomic E-state index is 13.9. The second-order valence-electron chi connectivity index (χ2n) is 7.77. The molecule has 1 aliphatic rings. The minimum absolute atomic E-state index is 0.0304. The number of ether oxygens (including phenoxy) is 1. The summed E-state index contributed by atoms with van der Waals surface area (Å²) in [5.41, 5.74) is 0.108. The number of amides is 1. The summed E-state index contributed by atoms with van der Waals surface area (Å²) < 4.78 is 21.0. The van der Waals surface area contributed by atoms with Crippen molar-refractivity contribution in [2.75, 3.05) is 25.0 Å². The van der Waals surface area contributed by atoms with Crippen molar-refractivity contribution in [2.45, 2.75) is 25.4 Å². The first-order chi connectivity index (χ1) is 16.7. The smallest absolute Gasteiger partial charge is 0.460 e. The van der Waals surface area contributed by atoms with E-state index in [9.17, 15) is 24.4 Å². The van der Waals surface area contributed by atoms with Gasteiger partial charge in [0.2, 0.25) is 11.0 Å². The average molecular weight is 614 g/mol. The largest absolute Gasteiger partial charge is 0.739 e. The van der Waals surface area contributed by atoms with E-state index in [4.69, 9.17) is 4.74 Å². The highest BCUT2D eigenvalue weighted by Crippen LogP contribution is 2.20. The van der Waals surface area contributed by atoms with E-state index in [2.05, 4.69) is 47.3 Å². The highest BCUT2D eigenvalue weighted by Gasteiger charge is 2.28. The fourth-order valence-electron chi connectivity index (χ4n) is 3.66. The summed E-state index contributed by atoms with van der Waals surface area (Å²) in [5.74, 6) is -2.04. The van der Waals surface area contributed by atoms with Gasteiger partial charge in [-0.05, 0) is 34.1 Å². The molecule has 184 valence electrons. The highest BCUT2D eigenvalue weighted by atomic mass is 79.9. The van der Waals surface area contributed by atoms with Gasteiger partial charge in [-0.1, -0.05) is 15.9 Å². The summed E-state index contributed by atoms with van der Waals surface area (Å²) in [6.07, 6.45) is 1.64. The van der Waals surface area contributed by atoms with Gasteiger partial charge in [-0.2, -0.15) is 4.39 Å². The average Bonchev–Trinajstić information content (AvgIpc) is 2.83. The topological polar surface area (TPSA) is 138 Å². The molecule has 0 saturated carbocycles. The maximum Gasteiger partial charge on any atom is 0.460 e. The van der Waals surface area contributed by atoms with Crippen LogP contribution in [0.25, 0.3) is 11.0 Å². The Morgan fingerprint density at radius 2 is 1.91 bits per heavy atom. The SMILES string of the molecule is O=C(CCNc1n[n+]([O-])c2cc(Br)ccc2[n+]1[O-])OC1CCN(C(=O)c2cc(Br)cnc2F)CC1. The zero-order valence-corrected chi connectivity index (χ0v) is 21.3. The van der Waals surface area contributed by atoms with Crippen LogP contribution >= 0.6 is 31.9 Å². The molecule has 11 nitrogen and oxygen atoms in total. The Morgan fingerprint density at radius 3 is 2.66 bits per heavy atom. The lowest BCUT2D eigenvalue weighted by Crippen LogP contribution is -2.44. The van der Waals surface area contributed by atoms with E-state index in [0.717, 1.165) is 0 Å². The predicted molar refractivity (Wildman–Crippen MR) is 127 cm³/mol. The summed E-state index contributed by atoms with van der Waals surface area (Å²) in [6, 6.07) is 5.98. The van der Waals surface area contributed by atoms with Gasteiger partial charge >= 0.3 is 17.4 Å². The third kappa shape index (κ3) is 5.75. The molecule has 0 spiro atoms. The van der Waals surface area contributed by atoms with Crippen molar-refractivity contribution in [2.24, 2.45) is 0 Å². The molecule has 1 amide bonds. The number of rotatable bonds is 6. The van der Waals surface area contributed by atoms with Crippen LogP contribution in [0.5, 0.6) is 0 Å². The van der Waals surface area contributed by atoms with Gasteiger partial charge in [0, 0.05) is 52.0 Å². The molecule has 1 aliphatic heterocycles. The Kier molecular flexibility index (Phi) is 7.60. The number of nitrogens with one attached hydrogen (secondary N) is 1. The molecule has 1 aromatic carbocycles. The Bertz CT molecular complexity index is 1290. The molecule has 0 unspecified atom stereocenters. The number of fused-ring (bicyclic) bond motifs is 1. The van der Waals surface area contributed by atoms with Crippen molar-refractivity contribution >= 4 is 60.7 Å². The van der Waals surface area contributed by atoms with Crippen molar-refractivity contribution < 1.29 is 28.3 Å². The normalized spacial score (nSPS) is 14.2. The Labute approximate surface area is 215 Å². The minimum atomic E-state index is -0.838. The number of nitrogens with zero attached hydrogens (tertiary/aromatic N) is 5.